The van der Waals surface area contributed by atoms with Crippen LogP contribution in [0.4, 0.5) is 0 Å². The second-order valence-electron chi connectivity index (χ2n) is 10.6. The van der Waals surface area contributed by atoms with Crippen LogP contribution in [0, 0.1) is 0 Å². The molecule has 2 fully saturated rings. The summed E-state index contributed by atoms with van der Waals surface area (Å²) in [5, 5.41) is 0. The van der Waals surface area contributed by atoms with Crippen molar-refractivity contribution in [3.8, 4) is 0 Å². The maximum atomic E-state index is 11.9. The van der Waals surface area contributed by atoms with E-state index in [1.165, 1.54) is 19.6 Å². The highest BCUT2D eigenvalue weighted by atomic mass is 32.2. The summed E-state index contributed by atoms with van der Waals surface area (Å²) in [6.07, 6.45) is 3.44. The average Bonchev–Trinajstić information content (AvgIpc) is 2.95. The minimum Gasteiger partial charge on any atom is -0.339 e. The first-order chi connectivity index (χ1) is 22.0. The standard InChI is InChI=1S/2C12H22N2O8S2/c2*1-23(17,18)21-9-3-11(15)13-5-7-14(8-6-13)12(16)4-10-22-24(2,19)20/h2*3-10H2,1-2H3. The summed E-state index contributed by atoms with van der Waals surface area (Å²) in [5.41, 5.74) is 0. The molecule has 0 bridgehead atoms. The van der Waals surface area contributed by atoms with Gasteiger partial charge in [-0.3, -0.25) is 35.9 Å². The molecular weight excluding hydrogens is 729 g/mol. The molecule has 0 aromatic heterocycles. The summed E-state index contributed by atoms with van der Waals surface area (Å²) < 4.78 is 105. The summed E-state index contributed by atoms with van der Waals surface area (Å²) >= 11 is 0. The van der Waals surface area contributed by atoms with Crippen LogP contribution in [0.1, 0.15) is 25.7 Å². The van der Waals surface area contributed by atoms with E-state index in [9.17, 15) is 52.8 Å². The van der Waals surface area contributed by atoms with E-state index in [1.54, 1.807) is 0 Å². The maximum Gasteiger partial charge on any atom is 0.264 e. The van der Waals surface area contributed by atoms with E-state index in [2.05, 4.69) is 16.7 Å². The Morgan fingerprint density at radius 1 is 0.375 bits per heavy atom. The molecule has 0 N–H and O–H groups in total. The van der Waals surface area contributed by atoms with E-state index in [0.717, 1.165) is 25.0 Å². The first kappa shape index (κ1) is 43.5. The van der Waals surface area contributed by atoms with Crippen LogP contribution in [0.3, 0.4) is 0 Å². The third-order valence-electron chi connectivity index (χ3n) is 6.42. The lowest BCUT2D eigenvalue weighted by Gasteiger charge is -2.34. The highest BCUT2D eigenvalue weighted by Gasteiger charge is 2.25. The van der Waals surface area contributed by atoms with Crippen molar-refractivity contribution in [1.29, 1.82) is 0 Å². The van der Waals surface area contributed by atoms with Gasteiger partial charge in [0.15, 0.2) is 0 Å². The van der Waals surface area contributed by atoms with Crippen molar-refractivity contribution in [3.05, 3.63) is 0 Å². The summed E-state index contributed by atoms with van der Waals surface area (Å²) in [7, 11) is -14.3. The van der Waals surface area contributed by atoms with Gasteiger partial charge in [0.25, 0.3) is 40.5 Å². The van der Waals surface area contributed by atoms with Crippen LogP contribution in [0.2, 0.25) is 0 Å². The number of hydrogen-bond donors (Lipinski definition) is 0. The number of nitrogens with zero attached hydrogens (tertiary/aromatic N) is 4. The fourth-order valence-electron chi connectivity index (χ4n) is 4.16. The van der Waals surface area contributed by atoms with E-state index < -0.39 is 40.5 Å². The van der Waals surface area contributed by atoms with Crippen molar-refractivity contribution in [2.24, 2.45) is 0 Å². The molecular formula is C24H44N4O16S4. The third kappa shape index (κ3) is 20.8. The molecule has 0 aromatic rings. The van der Waals surface area contributed by atoms with Crippen LogP contribution >= 0.6 is 0 Å². The zero-order valence-corrected chi connectivity index (χ0v) is 30.5. The maximum absolute atomic E-state index is 11.9. The lowest BCUT2D eigenvalue weighted by Crippen LogP contribution is -2.50. The number of carbonyl (C=O) groups is 4. The normalized spacial score (nSPS) is 16.2. The zero-order chi connectivity index (χ0) is 36.8. The topological polar surface area (TPSA) is 255 Å². The Hall–Kier alpha value is -2.48. The molecule has 2 rings (SSSR count). The van der Waals surface area contributed by atoms with Crippen LogP contribution < -0.4 is 0 Å². The van der Waals surface area contributed by atoms with Crippen molar-refractivity contribution in [3.63, 3.8) is 0 Å². The molecule has 280 valence electrons. The van der Waals surface area contributed by atoms with E-state index in [1.807, 2.05) is 0 Å². The molecule has 0 radical (unpaired) electrons. The van der Waals surface area contributed by atoms with Crippen LogP contribution in [-0.4, -0.2) is 181 Å². The van der Waals surface area contributed by atoms with Crippen LogP contribution in [0.15, 0.2) is 0 Å². The van der Waals surface area contributed by atoms with E-state index >= 15 is 0 Å². The minimum atomic E-state index is -3.57. The van der Waals surface area contributed by atoms with Gasteiger partial charge in [-0.25, -0.2) is 0 Å². The van der Waals surface area contributed by atoms with E-state index in [4.69, 9.17) is 0 Å². The SMILES string of the molecule is CS(=O)(=O)OCCC(=O)N1CCN(C(=O)CCOS(C)(=O)=O)CC1.CS(=O)(=O)OCCC(=O)N1CCN(C(=O)CCOS(C)(=O)=O)CC1. The quantitative estimate of drug-likeness (QED) is 0.140. The predicted octanol–water partition coefficient (Wildman–Crippen LogP) is -3.22. The van der Waals surface area contributed by atoms with Crippen molar-refractivity contribution in [2.45, 2.75) is 25.7 Å². The van der Waals surface area contributed by atoms with Gasteiger partial charge in [-0.2, -0.15) is 33.7 Å². The molecule has 2 saturated heterocycles. The summed E-state index contributed by atoms with van der Waals surface area (Å²) in [5.74, 6) is -0.977. The van der Waals surface area contributed by atoms with Gasteiger partial charge in [0.1, 0.15) is 0 Å². The van der Waals surface area contributed by atoms with Crippen LogP contribution in [0.25, 0.3) is 0 Å². The Bertz CT molecular complexity index is 1300. The number of amides is 4. The first-order valence-corrected chi connectivity index (χ1v) is 21.7. The molecule has 2 aliphatic rings. The fraction of sp³-hybridized carbons (Fsp3) is 0.833. The first-order valence-electron chi connectivity index (χ1n) is 14.4. The molecule has 0 unspecified atom stereocenters. The summed E-state index contributed by atoms with van der Waals surface area (Å²) in [4.78, 5) is 53.7. The largest absolute Gasteiger partial charge is 0.339 e. The van der Waals surface area contributed by atoms with Gasteiger partial charge in [-0.1, -0.05) is 0 Å². The molecule has 2 heterocycles. The molecule has 48 heavy (non-hydrogen) atoms. The molecule has 0 saturated carbocycles. The van der Waals surface area contributed by atoms with Gasteiger partial charge < -0.3 is 19.6 Å². The molecule has 2 aliphatic heterocycles. The summed E-state index contributed by atoms with van der Waals surface area (Å²) in [6.45, 7) is 1.80. The van der Waals surface area contributed by atoms with Gasteiger partial charge in [-0.15, -0.1) is 0 Å². The second kappa shape index (κ2) is 19.6. The molecule has 0 aromatic carbocycles. The highest BCUT2D eigenvalue weighted by molar-refractivity contribution is 7.86. The Kier molecular flexibility index (Phi) is 17.8. The lowest BCUT2D eigenvalue weighted by molar-refractivity contribution is -0.140. The highest BCUT2D eigenvalue weighted by Crippen LogP contribution is 2.08. The number of hydrogen-bond acceptors (Lipinski definition) is 16. The zero-order valence-electron chi connectivity index (χ0n) is 27.3. The van der Waals surface area contributed by atoms with Crippen molar-refractivity contribution in [1.82, 2.24) is 19.6 Å². The van der Waals surface area contributed by atoms with Crippen LogP contribution in [-0.2, 0) is 76.4 Å². The lowest BCUT2D eigenvalue weighted by atomic mass is 10.2. The predicted molar refractivity (Wildman–Crippen MR) is 168 cm³/mol. The smallest absolute Gasteiger partial charge is 0.264 e. The van der Waals surface area contributed by atoms with Crippen molar-refractivity contribution >= 4 is 64.1 Å². The molecule has 24 heteroatoms. The number of carbonyl (C=O) groups excluding carboxylic acids is 4. The Morgan fingerprint density at radius 3 is 0.646 bits per heavy atom. The van der Waals surface area contributed by atoms with Crippen LogP contribution in [0.5, 0.6) is 0 Å². The van der Waals surface area contributed by atoms with Gasteiger partial charge >= 0.3 is 0 Å². The Labute approximate surface area is 282 Å². The molecule has 0 aliphatic carbocycles. The molecule has 0 atom stereocenters. The minimum absolute atomic E-state index is 0.0524. The van der Waals surface area contributed by atoms with Crippen molar-refractivity contribution < 1.29 is 69.6 Å². The Morgan fingerprint density at radius 2 is 0.521 bits per heavy atom. The van der Waals surface area contributed by atoms with Gasteiger partial charge in [-0.05, 0) is 0 Å². The molecule has 0 spiro atoms. The van der Waals surface area contributed by atoms with Crippen molar-refractivity contribution in [2.75, 3.05) is 104 Å². The molecule has 4 amide bonds. The Balaban J connectivity index is 0.000000480. The number of rotatable bonds is 16. The van der Waals surface area contributed by atoms with Gasteiger partial charge in [0.2, 0.25) is 23.6 Å². The second-order valence-corrected chi connectivity index (χ2v) is 17.2. The van der Waals surface area contributed by atoms with E-state index in [0.29, 0.717) is 52.4 Å². The fourth-order valence-corrected chi connectivity index (χ4v) is 5.71. The van der Waals surface area contributed by atoms with Gasteiger partial charge in [0, 0.05) is 52.4 Å². The summed E-state index contributed by atoms with van der Waals surface area (Å²) in [6, 6.07) is 0. The third-order valence-corrected chi connectivity index (χ3v) is 8.80. The van der Waals surface area contributed by atoms with Gasteiger partial charge in [0.05, 0.1) is 77.1 Å². The molecule has 20 nitrogen and oxygen atoms in total. The number of piperazine rings is 2. The average molecular weight is 773 g/mol. The monoisotopic (exact) mass is 772 g/mol. The van der Waals surface area contributed by atoms with E-state index in [-0.39, 0.29) is 75.7 Å².